The van der Waals surface area contributed by atoms with Gasteiger partial charge in [0, 0.05) is 56.4 Å². The number of nitro benzene ring substituents is 1. The molecule has 1 aliphatic rings. The van der Waals surface area contributed by atoms with Crippen LogP contribution < -0.4 is 4.90 Å². The number of nitro groups is 1. The summed E-state index contributed by atoms with van der Waals surface area (Å²) in [6.45, 7) is 0.715. The third-order valence-corrected chi connectivity index (χ3v) is 5.13. The normalized spacial score (nSPS) is 16.5. The predicted molar refractivity (Wildman–Crippen MR) is 102 cm³/mol. The summed E-state index contributed by atoms with van der Waals surface area (Å²) in [5, 5.41) is 16.0. The Hall–Kier alpha value is -3.49. The SMILES string of the molecule is Cn1cc(C2CCCN2c2ccc(C(=O)c3nccn3C)cc2[N+](=O)[O-])cn1. The maximum absolute atomic E-state index is 12.7. The number of carbonyl (C=O) groups is 1. The molecule has 1 unspecified atom stereocenters. The maximum Gasteiger partial charge on any atom is 0.293 e. The second-order valence-corrected chi connectivity index (χ2v) is 6.95. The summed E-state index contributed by atoms with van der Waals surface area (Å²) in [4.78, 5) is 30.1. The lowest BCUT2D eigenvalue weighted by Crippen LogP contribution is -2.23. The lowest BCUT2D eigenvalue weighted by molar-refractivity contribution is -0.384. The molecule has 1 aromatic carbocycles. The van der Waals surface area contributed by atoms with E-state index in [9.17, 15) is 14.9 Å². The van der Waals surface area contributed by atoms with Crippen LogP contribution in [-0.2, 0) is 14.1 Å². The molecule has 0 aliphatic carbocycles. The van der Waals surface area contributed by atoms with Gasteiger partial charge < -0.3 is 9.47 Å². The largest absolute Gasteiger partial charge is 0.359 e. The third-order valence-electron chi connectivity index (χ3n) is 5.13. The molecule has 2 aromatic heterocycles. The summed E-state index contributed by atoms with van der Waals surface area (Å²) in [5.41, 5.74) is 1.73. The van der Waals surface area contributed by atoms with Crippen LogP contribution in [-0.4, -0.2) is 36.6 Å². The zero-order valence-corrected chi connectivity index (χ0v) is 15.6. The Balaban J connectivity index is 1.72. The minimum absolute atomic E-state index is 0.0310. The van der Waals surface area contributed by atoms with Crippen LogP contribution in [0.3, 0.4) is 0 Å². The molecule has 0 amide bonds. The van der Waals surface area contributed by atoms with Gasteiger partial charge in [-0.25, -0.2) is 4.98 Å². The van der Waals surface area contributed by atoms with E-state index in [1.54, 1.807) is 40.8 Å². The summed E-state index contributed by atoms with van der Waals surface area (Å²) in [5.74, 6) is -0.0937. The number of rotatable bonds is 5. The van der Waals surface area contributed by atoms with E-state index in [-0.39, 0.29) is 28.9 Å². The predicted octanol–water partition coefficient (Wildman–Crippen LogP) is 2.63. The average Bonchev–Trinajstić information content (AvgIpc) is 3.41. The lowest BCUT2D eigenvalue weighted by Gasteiger charge is -2.26. The Morgan fingerprint density at radius 2 is 2.14 bits per heavy atom. The molecule has 1 atom stereocenters. The fourth-order valence-corrected chi connectivity index (χ4v) is 3.78. The molecular formula is C19H20N6O3. The van der Waals surface area contributed by atoms with Gasteiger partial charge in [-0.3, -0.25) is 19.6 Å². The summed E-state index contributed by atoms with van der Waals surface area (Å²) >= 11 is 0. The highest BCUT2D eigenvalue weighted by Gasteiger charge is 2.32. The molecule has 3 heterocycles. The second-order valence-electron chi connectivity index (χ2n) is 6.95. The number of ketones is 1. The van der Waals surface area contributed by atoms with E-state index < -0.39 is 4.92 Å². The van der Waals surface area contributed by atoms with Crippen molar-refractivity contribution in [3.63, 3.8) is 0 Å². The molecular weight excluding hydrogens is 360 g/mol. The van der Waals surface area contributed by atoms with Gasteiger partial charge in [-0.05, 0) is 25.0 Å². The molecule has 1 fully saturated rings. The highest BCUT2D eigenvalue weighted by Crippen LogP contribution is 2.40. The molecule has 1 saturated heterocycles. The van der Waals surface area contributed by atoms with E-state index in [2.05, 4.69) is 10.1 Å². The van der Waals surface area contributed by atoms with Crippen molar-refractivity contribution in [2.75, 3.05) is 11.4 Å². The number of anilines is 1. The van der Waals surface area contributed by atoms with Gasteiger partial charge >= 0.3 is 0 Å². The van der Waals surface area contributed by atoms with Crippen molar-refractivity contribution in [2.24, 2.45) is 14.1 Å². The highest BCUT2D eigenvalue weighted by molar-refractivity contribution is 6.07. The quantitative estimate of drug-likeness (QED) is 0.383. The van der Waals surface area contributed by atoms with Crippen LogP contribution in [0.1, 0.15) is 40.6 Å². The van der Waals surface area contributed by atoms with Crippen molar-refractivity contribution in [2.45, 2.75) is 18.9 Å². The topological polar surface area (TPSA) is 99.1 Å². The van der Waals surface area contributed by atoms with Gasteiger partial charge in [-0.15, -0.1) is 0 Å². The molecule has 0 radical (unpaired) electrons. The number of carbonyl (C=O) groups excluding carboxylic acids is 1. The van der Waals surface area contributed by atoms with Crippen LogP contribution in [0, 0.1) is 10.1 Å². The number of nitrogens with zero attached hydrogens (tertiary/aromatic N) is 6. The van der Waals surface area contributed by atoms with Gasteiger partial charge in [-0.2, -0.15) is 5.10 Å². The van der Waals surface area contributed by atoms with Gasteiger partial charge in [0.25, 0.3) is 5.69 Å². The van der Waals surface area contributed by atoms with Crippen molar-refractivity contribution in [3.05, 3.63) is 70.1 Å². The van der Waals surface area contributed by atoms with Gasteiger partial charge in [0.2, 0.25) is 5.78 Å². The average molecular weight is 380 g/mol. The van der Waals surface area contributed by atoms with Crippen molar-refractivity contribution >= 4 is 17.2 Å². The van der Waals surface area contributed by atoms with Crippen molar-refractivity contribution in [1.29, 1.82) is 0 Å². The number of hydrogen-bond donors (Lipinski definition) is 0. The van der Waals surface area contributed by atoms with E-state index in [0.29, 0.717) is 12.2 Å². The number of benzene rings is 1. The standard InChI is InChI=1S/C19H20N6O3/c1-22-9-7-20-19(22)18(26)13-5-6-16(17(10-13)25(27)28)24-8-3-4-15(24)14-11-21-23(2)12-14/h5-7,9-12,15H,3-4,8H2,1-2H3. The molecule has 1 aliphatic heterocycles. The molecule has 9 heteroatoms. The van der Waals surface area contributed by atoms with Crippen LogP contribution in [0.4, 0.5) is 11.4 Å². The van der Waals surface area contributed by atoms with E-state index in [1.807, 2.05) is 18.1 Å². The Labute approximate surface area is 161 Å². The van der Waals surface area contributed by atoms with Gasteiger partial charge in [0.1, 0.15) is 5.69 Å². The molecule has 0 N–H and O–H groups in total. The zero-order chi connectivity index (χ0) is 19.8. The minimum Gasteiger partial charge on any atom is -0.359 e. The molecule has 28 heavy (non-hydrogen) atoms. The van der Waals surface area contributed by atoms with E-state index in [4.69, 9.17) is 0 Å². The van der Waals surface area contributed by atoms with Crippen LogP contribution in [0.5, 0.6) is 0 Å². The van der Waals surface area contributed by atoms with Gasteiger partial charge in [0.15, 0.2) is 5.82 Å². The van der Waals surface area contributed by atoms with Gasteiger partial charge in [0.05, 0.1) is 17.2 Å². The van der Waals surface area contributed by atoms with E-state index >= 15 is 0 Å². The first-order chi connectivity index (χ1) is 13.5. The lowest BCUT2D eigenvalue weighted by atomic mass is 10.1. The van der Waals surface area contributed by atoms with Crippen molar-refractivity contribution in [1.82, 2.24) is 19.3 Å². The molecule has 4 rings (SSSR count). The minimum atomic E-state index is -0.427. The third kappa shape index (κ3) is 3.04. The first kappa shape index (κ1) is 17.9. The van der Waals surface area contributed by atoms with Crippen LogP contribution in [0.2, 0.25) is 0 Å². The zero-order valence-electron chi connectivity index (χ0n) is 15.6. The smallest absolute Gasteiger partial charge is 0.293 e. The number of hydrogen-bond acceptors (Lipinski definition) is 6. The molecule has 0 saturated carbocycles. The summed E-state index contributed by atoms with van der Waals surface area (Å²) in [6, 6.07) is 4.69. The first-order valence-electron chi connectivity index (χ1n) is 9.01. The highest BCUT2D eigenvalue weighted by atomic mass is 16.6. The van der Waals surface area contributed by atoms with Crippen molar-refractivity contribution < 1.29 is 9.72 Å². The Bertz CT molecular complexity index is 1050. The Morgan fingerprint density at radius 3 is 2.79 bits per heavy atom. The summed E-state index contributed by atoms with van der Waals surface area (Å²) in [7, 11) is 3.56. The number of aromatic nitrogens is 4. The van der Waals surface area contributed by atoms with E-state index in [1.165, 1.54) is 12.3 Å². The van der Waals surface area contributed by atoms with Crippen molar-refractivity contribution in [3.8, 4) is 0 Å². The molecule has 0 bridgehead atoms. The molecule has 144 valence electrons. The molecule has 9 nitrogen and oxygen atoms in total. The maximum atomic E-state index is 12.7. The monoisotopic (exact) mass is 380 g/mol. The fourth-order valence-electron chi connectivity index (χ4n) is 3.78. The van der Waals surface area contributed by atoms with E-state index in [0.717, 1.165) is 18.4 Å². The summed E-state index contributed by atoms with van der Waals surface area (Å²) in [6.07, 6.45) is 8.76. The second kappa shape index (κ2) is 6.91. The Morgan fingerprint density at radius 1 is 1.32 bits per heavy atom. The van der Waals surface area contributed by atoms with Crippen LogP contribution >= 0.6 is 0 Å². The number of aryl methyl sites for hydroxylation is 2. The van der Waals surface area contributed by atoms with Crippen LogP contribution in [0.15, 0.2) is 43.0 Å². The molecule has 3 aromatic rings. The van der Waals surface area contributed by atoms with Crippen LogP contribution in [0.25, 0.3) is 0 Å². The molecule has 0 spiro atoms. The fraction of sp³-hybridized carbons (Fsp3) is 0.316. The number of imidazole rings is 1. The van der Waals surface area contributed by atoms with Gasteiger partial charge in [-0.1, -0.05) is 0 Å². The summed E-state index contributed by atoms with van der Waals surface area (Å²) < 4.78 is 3.33. The first-order valence-corrected chi connectivity index (χ1v) is 9.01. The Kier molecular flexibility index (Phi) is 4.42.